The molecule has 0 fully saturated rings. The highest BCUT2D eigenvalue weighted by atomic mass is 35.5. The van der Waals surface area contributed by atoms with Crippen LogP contribution in [0.1, 0.15) is 30.9 Å². The number of fused-ring (bicyclic) bond motifs is 1. The Labute approximate surface area is 152 Å². The average molecular weight is 379 g/mol. The predicted molar refractivity (Wildman–Crippen MR) is 99.6 cm³/mol. The first-order valence-corrected chi connectivity index (χ1v) is 9.79. The molecule has 0 spiro atoms. The van der Waals surface area contributed by atoms with E-state index in [1.807, 2.05) is 20.8 Å². The number of aryl methyl sites for hydroxylation is 1. The Morgan fingerprint density at radius 3 is 2.52 bits per heavy atom. The fourth-order valence-corrected chi connectivity index (χ4v) is 4.29. The molecule has 1 atom stereocenters. The van der Waals surface area contributed by atoms with E-state index >= 15 is 0 Å². The van der Waals surface area contributed by atoms with Crippen molar-refractivity contribution in [3.8, 4) is 0 Å². The molecule has 1 aliphatic rings. The fraction of sp³-hybridized carbons (Fsp3) is 0.278. The van der Waals surface area contributed by atoms with Gasteiger partial charge in [-0.25, -0.2) is 8.42 Å². The van der Waals surface area contributed by atoms with Crippen LogP contribution in [0.3, 0.4) is 0 Å². The van der Waals surface area contributed by atoms with E-state index in [0.717, 1.165) is 16.8 Å². The van der Waals surface area contributed by atoms with E-state index in [9.17, 15) is 13.2 Å². The van der Waals surface area contributed by atoms with Crippen LogP contribution in [0, 0.1) is 12.8 Å². The molecule has 0 saturated carbocycles. The van der Waals surface area contributed by atoms with Crippen LogP contribution in [-0.4, -0.2) is 14.3 Å². The summed E-state index contributed by atoms with van der Waals surface area (Å²) in [5.74, 6) is -0.229. The number of hydrogen-bond acceptors (Lipinski definition) is 3. The van der Waals surface area contributed by atoms with Crippen LogP contribution in [0.5, 0.6) is 0 Å². The van der Waals surface area contributed by atoms with E-state index in [1.54, 1.807) is 24.3 Å². The Morgan fingerprint density at radius 1 is 1.16 bits per heavy atom. The molecule has 0 aliphatic carbocycles. The van der Waals surface area contributed by atoms with Crippen LogP contribution in [-0.2, 0) is 14.8 Å². The summed E-state index contributed by atoms with van der Waals surface area (Å²) in [6.07, 6.45) is 0. The van der Waals surface area contributed by atoms with Gasteiger partial charge in [-0.3, -0.25) is 9.52 Å². The van der Waals surface area contributed by atoms with Gasteiger partial charge in [-0.15, -0.1) is 0 Å². The van der Waals surface area contributed by atoms with Gasteiger partial charge in [-0.05, 0) is 54.3 Å². The molecule has 2 aromatic rings. The zero-order valence-corrected chi connectivity index (χ0v) is 15.7. The smallest absolute Gasteiger partial charge is 0.261 e. The predicted octanol–water partition coefficient (Wildman–Crippen LogP) is 4.14. The van der Waals surface area contributed by atoms with E-state index in [0.29, 0.717) is 10.7 Å². The lowest BCUT2D eigenvalue weighted by Gasteiger charge is -2.14. The van der Waals surface area contributed by atoms with Crippen LogP contribution >= 0.6 is 11.6 Å². The molecule has 1 aliphatic heterocycles. The molecule has 132 valence electrons. The molecular formula is C18H19ClN2O3S. The first-order chi connectivity index (χ1) is 11.7. The molecule has 25 heavy (non-hydrogen) atoms. The topological polar surface area (TPSA) is 75.3 Å². The number of amides is 1. The minimum Gasteiger partial charge on any atom is -0.325 e. The largest absolute Gasteiger partial charge is 0.325 e. The number of carbonyl (C=O) groups is 1. The average Bonchev–Trinajstić information content (AvgIpc) is 2.84. The van der Waals surface area contributed by atoms with Gasteiger partial charge in [0.05, 0.1) is 10.8 Å². The van der Waals surface area contributed by atoms with Crippen molar-refractivity contribution in [3.05, 3.63) is 52.5 Å². The summed E-state index contributed by atoms with van der Waals surface area (Å²) in [5.41, 5.74) is 2.76. The van der Waals surface area contributed by atoms with E-state index < -0.39 is 10.0 Å². The zero-order valence-electron chi connectivity index (χ0n) is 14.1. The van der Waals surface area contributed by atoms with Crippen molar-refractivity contribution in [2.24, 2.45) is 5.92 Å². The zero-order chi connectivity index (χ0) is 18.4. The molecule has 1 heterocycles. The Kier molecular flexibility index (Phi) is 4.51. The lowest BCUT2D eigenvalue weighted by molar-refractivity contribution is -0.117. The highest BCUT2D eigenvalue weighted by molar-refractivity contribution is 7.92. The minimum atomic E-state index is -3.76. The number of rotatable bonds is 4. The van der Waals surface area contributed by atoms with Crippen molar-refractivity contribution in [1.29, 1.82) is 0 Å². The lowest BCUT2D eigenvalue weighted by Crippen LogP contribution is -2.17. The standard InChI is InChI=1S/C18H19ClN2O3S/c1-10(2)17-14-8-12(5-7-16(14)20-18(17)22)21-25(23,24)13-6-4-11(3)15(19)9-13/h4-10,17,21H,1-3H3,(H,20,22). The second kappa shape index (κ2) is 6.35. The van der Waals surface area contributed by atoms with Gasteiger partial charge in [0.15, 0.2) is 0 Å². The number of anilines is 2. The lowest BCUT2D eigenvalue weighted by atomic mass is 9.89. The summed E-state index contributed by atoms with van der Waals surface area (Å²) in [7, 11) is -3.76. The molecular weight excluding hydrogens is 360 g/mol. The summed E-state index contributed by atoms with van der Waals surface area (Å²) in [6.45, 7) is 5.73. The molecule has 2 aromatic carbocycles. The summed E-state index contributed by atoms with van der Waals surface area (Å²) in [5, 5.41) is 3.23. The molecule has 3 rings (SSSR count). The van der Waals surface area contributed by atoms with E-state index in [4.69, 9.17) is 11.6 Å². The minimum absolute atomic E-state index is 0.0599. The molecule has 1 amide bonds. The normalized spacial score (nSPS) is 16.7. The highest BCUT2D eigenvalue weighted by Crippen LogP contribution is 2.39. The van der Waals surface area contributed by atoms with Crippen LogP contribution in [0.15, 0.2) is 41.3 Å². The van der Waals surface area contributed by atoms with E-state index in [-0.39, 0.29) is 22.6 Å². The van der Waals surface area contributed by atoms with Crippen molar-refractivity contribution in [2.75, 3.05) is 10.0 Å². The number of halogens is 1. The Morgan fingerprint density at radius 2 is 1.88 bits per heavy atom. The van der Waals surface area contributed by atoms with Gasteiger partial charge in [0.2, 0.25) is 5.91 Å². The van der Waals surface area contributed by atoms with Gasteiger partial charge in [0, 0.05) is 16.4 Å². The molecule has 0 bridgehead atoms. The van der Waals surface area contributed by atoms with Crippen molar-refractivity contribution in [3.63, 3.8) is 0 Å². The number of hydrogen-bond donors (Lipinski definition) is 2. The Bertz CT molecular complexity index is 955. The molecule has 0 saturated heterocycles. The monoisotopic (exact) mass is 378 g/mol. The van der Waals surface area contributed by atoms with Crippen LogP contribution in [0.4, 0.5) is 11.4 Å². The van der Waals surface area contributed by atoms with Gasteiger partial charge in [0.1, 0.15) is 0 Å². The third-order valence-corrected chi connectivity index (χ3v) is 6.09. The number of benzene rings is 2. The quantitative estimate of drug-likeness (QED) is 0.839. The van der Waals surface area contributed by atoms with Crippen LogP contribution in [0.25, 0.3) is 0 Å². The van der Waals surface area contributed by atoms with Crippen molar-refractivity contribution in [2.45, 2.75) is 31.6 Å². The third-order valence-electron chi connectivity index (χ3n) is 4.30. The summed E-state index contributed by atoms with van der Waals surface area (Å²) in [6, 6.07) is 9.67. The van der Waals surface area contributed by atoms with Crippen molar-refractivity contribution >= 4 is 38.9 Å². The van der Waals surface area contributed by atoms with Gasteiger partial charge in [0.25, 0.3) is 10.0 Å². The van der Waals surface area contributed by atoms with Crippen LogP contribution in [0.2, 0.25) is 5.02 Å². The second-order valence-corrected chi connectivity index (χ2v) is 8.62. The summed E-state index contributed by atoms with van der Waals surface area (Å²) in [4.78, 5) is 12.2. The van der Waals surface area contributed by atoms with Crippen molar-refractivity contribution < 1.29 is 13.2 Å². The van der Waals surface area contributed by atoms with E-state index in [1.165, 1.54) is 12.1 Å². The maximum Gasteiger partial charge on any atom is 0.261 e. The second-order valence-electron chi connectivity index (χ2n) is 6.53. The first-order valence-electron chi connectivity index (χ1n) is 7.93. The van der Waals surface area contributed by atoms with Gasteiger partial charge in [-0.2, -0.15) is 0 Å². The first kappa shape index (κ1) is 17.8. The Hall–Kier alpha value is -2.05. The maximum atomic E-state index is 12.6. The number of sulfonamides is 1. The molecule has 7 heteroatoms. The number of carbonyl (C=O) groups excluding carboxylic acids is 1. The summed E-state index contributed by atoms with van der Waals surface area (Å²) >= 11 is 6.03. The highest BCUT2D eigenvalue weighted by Gasteiger charge is 2.33. The molecule has 0 aromatic heterocycles. The number of nitrogens with one attached hydrogen (secondary N) is 2. The SMILES string of the molecule is Cc1ccc(S(=O)(=O)Nc2ccc3c(c2)C(C(C)C)C(=O)N3)cc1Cl. The Balaban J connectivity index is 1.94. The molecule has 1 unspecified atom stereocenters. The van der Waals surface area contributed by atoms with Gasteiger partial charge >= 0.3 is 0 Å². The van der Waals surface area contributed by atoms with Crippen LogP contribution < -0.4 is 10.0 Å². The van der Waals surface area contributed by atoms with Gasteiger partial charge < -0.3 is 5.32 Å². The maximum absolute atomic E-state index is 12.6. The third kappa shape index (κ3) is 3.37. The molecule has 2 N–H and O–H groups in total. The molecule has 5 nitrogen and oxygen atoms in total. The fourth-order valence-electron chi connectivity index (χ4n) is 2.97. The summed E-state index contributed by atoms with van der Waals surface area (Å²) < 4.78 is 27.7. The van der Waals surface area contributed by atoms with Gasteiger partial charge in [-0.1, -0.05) is 31.5 Å². The molecule has 0 radical (unpaired) electrons. The van der Waals surface area contributed by atoms with E-state index in [2.05, 4.69) is 10.0 Å². The van der Waals surface area contributed by atoms with Crippen molar-refractivity contribution in [1.82, 2.24) is 0 Å².